The summed E-state index contributed by atoms with van der Waals surface area (Å²) >= 11 is 0. The Morgan fingerprint density at radius 1 is 1.19 bits per heavy atom. The number of nitrogens with one attached hydrogen (secondary N) is 2. The van der Waals surface area contributed by atoms with Crippen molar-refractivity contribution in [1.82, 2.24) is 20.5 Å². The molecule has 1 aromatic carbocycles. The van der Waals surface area contributed by atoms with Gasteiger partial charge >= 0.3 is 0 Å². The molecule has 196 valence electrons. The van der Waals surface area contributed by atoms with Gasteiger partial charge in [-0.05, 0) is 30.5 Å². The number of aliphatic hydroxyl groups is 1. The number of ether oxygens (including phenoxy) is 2. The predicted octanol–water partition coefficient (Wildman–Crippen LogP) is 2.10. The van der Waals surface area contributed by atoms with Crippen LogP contribution in [0.1, 0.15) is 48.2 Å². The highest BCUT2D eigenvalue weighted by molar-refractivity contribution is 5.96. The molecule has 2 aliphatic rings. The van der Waals surface area contributed by atoms with Gasteiger partial charge in [-0.15, -0.1) is 12.4 Å². The lowest BCUT2D eigenvalue weighted by Gasteiger charge is -2.31. The molecule has 2 aromatic rings. The molecule has 36 heavy (non-hydrogen) atoms. The van der Waals surface area contributed by atoms with Crippen LogP contribution in [0.3, 0.4) is 0 Å². The fourth-order valence-electron chi connectivity index (χ4n) is 4.55. The van der Waals surface area contributed by atoms with E-state index in [1.54, 1.807) is 19.1 Å². The molecule has 3 heterocycles. The van der Waals surface area contributed by atoms with Crippen LogP contribution in [0, 0.1) is 0 Å². The zero-order valence-electron chi connectivity index (χ0n) is 20.7. The lowest BCUT2D eigenvalue weighted by molar-refractivity contribution is -0.130. The number of benzene rings is 1. The minimum atomic E-state index is -0.737. The van der Waals surface area contributed by atoms with Gasteiger partial charge in [0, 0.05) is 58.1 Å². The molecule has 0 unspecified atom stereocenters. The zero-order valence-corrected chi connectivity index (χ0v) is 21.6. The molecule has 0 saturated carbocycles. The predicted molar refractivity (Wildman–Crippen MR) is 138 cm³/mol. The summed E-state index contributed by atoms with van der Waals surface area (Å²) in [5, 5.41) is 16.8. The van der Waals surface area contributed by atoms with E-state index in [9.17, 15) is 14.7 Å². The largest absolute Gasteiger partial charge is 0.477 e. The maximum atomic E-state index is 12.9. The summed E-state index contributed by atoms with van der Waals surface area (Å²) in [4.78, 5) is 30.6. The normalized spacial score (nSPS) is 18.4. The highest BCUT2D eigenvalue weighted by atomic mass is 35.5. The number of aromatic nitrogens is 1. The second kappa shape index (κ2) is 12.9. The van der Waals surface area contributed by atoms with Crippen LogP contribution in [0.4, 0.5) is 0 Å². The summed E-state index contributed by atoms with van der Waals surface area (Å²) in [6.45, 7) is 5.86. The number of piperidine rings is 1. The van der Waals surface area contributed by atoms with Gasteiger partial charge in [-0.3, -0.25) is 9.59 Å². The molecule has 9 nitrogen and oxygen atoms in total. The monoisotopic (exact) mass is 518 g/mol. The van der Waals surface area contributed by atoms with Crippen molar-refractivity contribution >= 4 is 24.2 Å². The fraction of sp³-hybridized carbons (Fsp3) is 0.500. The third-order valence-corrected chi connectivity index (χ3v) is 6.58. The van der Waals surface area contributed by atoms with E-state index < -0.39 is 6.10 Å². The van der Waals surface area contributed by atoms with Crippen LogP contribution < -0.4 is 20.1 Å². The molecule has 2 amide bonds. The van der Waals surface area contributed by atoms with E-state index in [1.165, 1.54) is 11.1 Å². The lowest BCUT2D eigenvalue weighted by atomic mass is 9.93. The minimum Gasteiger partial charge on any atom is -0.477 e. The Labute approximate surface area is 218 Å². The highest BCUT2D eigenvalue weighted by Gasteiger charge is 2.26. The van der Waals surface area contributed by atoms with Crippen LogP contribution in [-0.2, 0) is 17.8 Å². The molecule has 0 aliphatic carbocycles. The van der Waals surface area contributed by atoms with Crippen molar-refractivity contribution in [1.29, 1.82) is 0 Å². The first kappa shape index (κ1) is 27.7. The third kappa shape index (κ3) is 6.87. The topological polar surface area (TPSA) is 113 Å². The molecule has 1 aromatic heterocycles. The van der Waals surface area contributed by atoms with Crippen molar-refractivity contribution in [2.45, 2.75) is 57.9 Å². The van der Waals surface area contributed by atoms with Gasteiger partial charge in [0.1, 0.15) is 11.7 Å². The Balaban J connectivity index is 0.00000361. The molecule has 0 spiro atoms. The fourth-order valence-corrected chi connectivity index (χ4v) is 4.55. The van der Waals surface area contributed by atoms with E-state index >= 15 is 0 Å². The van der Waals surface area contributed by atoms with Gasteiger partial charge in [0.15, 0.2) is 0 Å². The van der Waals surface area contributed by atoms with Gasteiger partial charge < -0.3 is 30.1 Å². The first-order valence-corrected chi connectivity index (χ1v) is 12.3. The van der Waals surface area contributed by atoms with E-state index in [0.29, 0.717) is 44.1 Å². The average molecular weight is 519 g/mol. The Morgan fingerprint density at radius 2 is 1.92 bits per heavy atom. The van der Waals surface area contributed by atoms with Crippen molar-refractivity contribution < 1.29 is 24.2 Å². The first-order valence-electron chi connectivity index (χ1n) is 12.3. The van der Waals surface area contributed by atoms with Gasteiger partial charge in [0.2, 0.25) is 17.7 Å². The van der Waals surface area contributed by atoms with Gasteiger partial charge in [0.25, 0.3) is 5.91 Å². The van der Waals surface area contributed by atoms with Gasteiger partial charge in [0.05, 0.1) is 12.7 Å². The summed E-state index contributed by atoms with van der Waals surface area (Å²) in [6, 6.07) is 11.3. The molecule has 3 N–H and O–H groups in total. The van der Waals surface area contributed by atoms with Crippen molar-refractivity contribution in [3.8, 4) is 11.8 Å². The second-order valence-electron chi connectivity index (χ2n) is 9.00. The van der Waals surface area contributed by atoms with E-state index in [1.807, 2.05) is 24.0 Å². The average Bonchev–Trinajstić information content (AvgIpc) is 2.87. The second-order valence-corrected chi connectivity index (χ2v) is 9.00. The summed E-state index contributed by atoms with van der Waals surface area (Å²) in [6.07, 6.45) is 1.38. The minimum absolute atomic E-state index is 0. The van der Waals surface area contributed by atoms with Crippen LogP contribution in [0.15, 0.2) is 36.4 Å². The molecular weight excluding hydrogens is 484 g/mol. The lowest BCUT2D eigenvalue weighted by Crippen LogP contribution is -2.49. The van der Waals surface area contributed by atoms with Crippen LogP contribution >= 0.6 is 12.4 Å². The number of aliphatic hydroxyl groups excluding tert-OH is 1. The van der Waals surface area contributed by atoms with Crippen LogP contribution in [0.2, 0.25) is 0 Å². The number of halogens is 1. The van der Waals surface area contributed by atoms with E-state index in [2.05, 4.69) is 27.8 Å². The Morgan fingerprint density at radius 3 is 2.61 bits per heavy atom. The Bertz CT molecular complexity index is 1040. The summed E-state index contributed by atoms with van der Waals surface area (Å²) in [5.41, 5.74) is 2.74. The Kier molecular flexibility index (Phi) is 9.92. The van der Waals surface area contributed by atoms with Gasteiger partial charge in [-0.2, -0.15) is 4.98 Å². The molecule has 10 heteroatoms. The Hall–Kier alpha value is -2.88. The van der Waals surface area contributed by atoms with Gasteiger partial charge in [-0.1, -0.05) is 24.3 Å². The highest BCUT2D eigenvalue weighted by Crippen LogP contribution is 2.24. The molecule has 0 bridgehead atoms. The number of hydrogen-bond donors (Lipinski definition) is 3. The van der Waals surface area contributed by atoms with Crippen molar-refractivity contribution in [3.63, 3.8) is 0 Å². The number of likely N-dealkylation sites (tertiary alicyclic amines) is 1. The molecule has 2 aliphatic heterocycles. The first-order chi connectivity index (χ1) is 16.9. The number of pyridine rings is 1. The number of amides is 2. The van der Waals surface area contributed by atoms with Crippen LogP contribution in [0.25, 0.3) is 0 Å². The van der Waals surface area contributed by atoms with Crippen LogP contribution in [-0.4, -0.2) is 71.3 Å². The smallest absolute Gasteiger partial charge is 0.256 e. The number of carbonyl (C=O) groups is 2. The summed E-state index contributed by atoms with van der Waals surface area (Å²) in [7, 11) is 0. The molecule has 0 radical (unpaired) electrons. The third-order valence-electron chi connectivity index (χ3n) is 6.58. The summed E-state index contributed by atoms with van der Waals surface area (Å²) in [5.74, 6) is 0.293. The van der Waals surface area contributed by atoms with Gasteiger partial charge in [-0.25, -0.2) is 0 Å². The number of rotatable bonds is 8. The number of fused-ring (bicyclic) bond motifs is 1. The van der Waals surface area contributed by atoms with Crippen molar-refractivity contribution in [2.24, 2.45) is 0 Å². The van der Waals surface area contributed by atoms with Crippen LogP contribution in [0.5, 0.6) is 11.8 Å². The molecule has 2 atom stereocenters. The van der Waals surface area contributed by atoms with E-state index in [-0.39, 0.29) is 48.8 Å². The van der Waals surface area contributed by atoms with Crippen molar-refractivity contribution in [2.75, 3.05) is 26.2 Å². The molecular formula is C26H35ClN4O5. The summed E-state index contributed by atoms with van der Waals surface area (Å²) < 4.78 is 11.6. The quantitative estimate of drug-likeness (QED) is 0.490. The number of carbonyl (C=O) groups excluding carboxylic acids is 2. The maximum Gasteiger partial charge on any atom is 0.256 e. The van der Waals surface area contributed by atoms with E-state index in [4.69, 9.17) is 9.47 Å². The van der Waals surface area contributed by atoms with Crippen molar-refractivity contribution in [3.05, 3.63) is 53.1 Å². The maximum absolute atomic E-state index is 12.9. The number of hydrogen-bond acceptors (Lipinski definition) is 7. The zero-order chi connectivity index (χ0) is 24.8. The van der Waals surface area contributed by atoms with E-state index in [0.717, 1.165) is 12.8 Å². The standard InChI is InChI=1S/C26H34N4O5.ClH/c1-3-34-26-21(8-9-24(29-26)35-20-10-12-30(13-11-20)17(2)31)25(33)28-16-23(32)22-14-18-6-4-5-7-19(18)15-27-22;/h4-9,20,22-23,27,32H,3,10-16H2,1-2H3,(H,28,33);1H/t22-,23+;/m0./s1. The molecule has 1 fully saturated rings. The number of nitrogens with zero attached hydrogens (tertiary/aromatic N) is 2. The molecule has 4 rings (SSSR count). The molecule has 1 saturated heterocycles. The SMILES string of the molecule is CCOc1nc(OC2CCN(C(C)=O)CC2)ccc1C(=O)NC[C@@H](O)[C@@H]1Cc2ccccc2CN1.Cl.